The van der Waals surface area contributed by atoms with Crippen molar-refractivity contribution in [3.05, 3.63) is 113 Å². The second-order valence-electron chi connectivity index (χ2n) is 15.6. The summed E-state index contributed by atoms with van der Waals surface area (Å²) in [6, 6.07) is 29.6. The predicted octanol–water partition coefficient (Wildman–Crippen LogP) is 5.57. The van der Waals surface area contributed by atoms with Gasteiger partial charge in [0, 0.05) is 51.1 Å². The lowest BCUT2D eigenvalue weighted by Crippen LogP contribution is -2.55. The van der Waals surface area contributed by atoms with E-state index in [1.165, 1.54) is 32.1 Å². The standard InChI is InChI=1S/C44H54N4O4/c49-32-35-23-25-47(42(35)43(52)45-28-34-16-13-24-46(30-34)29-33-14-5-1-6-15-33)40-26-39(50)31-48(40)41(51)27-44(36-17-7-2-8-18-36,37-19-9-3-10-20-37)38-21-11-4-12-22-38/h2-4,7-12,17-22,33-34,39-40,42,50H,1,5-6,13-16,23-31H2,(H,45,52)/t34-,39+,40+,42-/m1/s1. The highest BCUT2D eigenvalue weighted by Crippen LogP contribution is 2.43. The van der Waals surface area contributed by atoms with Crippen LogP contribution in [0.2, 0.25) is 0 Å². The molecule has 4 aliphatic rings. The molecular formula is C44H54N4O4. The number of hydrogen-bond acceptors (Lipinski definition) is 6. The van der Waals surface area contributed by atoms with Crippen LogP contribution in [0.3, 0.4) is 0 Å². The lowest BCUT2D eigenvalue weighted by molar-refractivity contribution is -0.139. The van der Waals surface area contributed by atoms with E-state index in [0.717, 1.165) is 55.1 Å². The zero-order chi connectivity index (χ0) is 35.9. The van der Waals surface area contributed by atoms with E-state index >= 15 is 0 Å². The summed E-state index contributed by atoms with van der Waals surface area (Å²) < 4.78 is 0. The van der Waals surface area contributed by atoms with E-state index in [1.54, 1.807) is 4.90 Å². The Balaban J connectivity index is 1.10. The number of β-amino-alcohol motifs (C(OH)–C–C–N with tert-alkyl or cyclic N) is 1. The van der Waals surface area contributed by atoms with Crippen LogP contribution >= 0.6 is 0 Å². The molecule has 274 valence electrons. The van der Waals surface area contributed by atoms with Crippen LogP contribution in [0, 0.1) is 11.8 Å². The highest BCUT2D eigenvalue weighted by Gasteiger charge is 2.48. The summed E-state index contributed by atoms with van der Waals surface area (Å²) in [7, 11) is 0. The van der Waals surface area contributed by atoms with Gasteiger partial charge in [-0.2, -0.15) is 0 Å². The van der Waals surface area contributed by atoms with Gasteiger partial charge in [0.15, 0.2) is 0 Å². The van der Waals surface area contributed by atoms with Crippen LogP contribution in [0.5, 0.6) is 0 Å². The monoisotopic (exact) mass is 702 g/mol. The molecule has 4 atom stereocenters. The lowest BCUT2D eigenvalue weighted by Gasteiger charge is -2.40. The second kappa shape index (κ2) is 16.7. The average molecular weight is 703 g/mol. The summed E-state index contributed by atoms with van der Waals surface area (Å²) >= 11 is 0. The van der Waals surface area contributed by atoms with Gasteiger partial charge >= 0.3 is 0 Å². The molecule has 3 saturated heterocycles. The van der Waals surface area contributed by atoms with Crippen molar-refractivity contribution in [3.63, 3.8) is 0 Å². The number of amides is 2. The summed E-state index contributed by atoms with van der Waals surface area (Å²) in [5.41, 5.74) is 2.63. The minimum absolute atomic E-state index is 0.110. The molecule has 0 aromatic heterocycles. The number of nitrogens with zero attached hydrogens (tertiary/aromatic N) is 3. The van der Waals surface area contributed by atoms with Crippen LogP contribution in [-0.2, 0) is 19.8 Å². The molecular weight excluding hydrogens is 649 g/mol. The summed E-state index contributed by atoms with van der Waals surface area (Å²) in [5.74, 6) is 2.93. The molecule has 8 heteroatoms. The molecule has 3 aromatic rings. The van der Waals surface area contributed by atoms with E-state index in [-0.39, 0.29) is 24.8 Å². The van der Waals surface area contributed by atoms with Crippen LogP contribution in [0.25, 0.3) is 0 Å². The topological polar surface area (TPSA) is 93.2 Å². The molecule has 52 heavy (non-hydrogen) atoms. The van der Waals surface area contributed by atoms with Crippen molar-refractivity contribution in [2.24, 2.45) is 11.8 Å². The Morgan fingerprint density at radius 2 is 1.37 bits per heavy atom. The summed E-state index contributed by atoms with van der Waals surface area (Å²) in [4.78, 5) is 47.4. The van der Waals surface area contributed by atoms with Crippen molar-refractivity contribution in [2.45, 2.75) is 87.9 Å². The van der Waals surface area contributed by atoms with E-state index in [0.29, 0.717) is 37.4 Å². The van der Waals surface area contributed by atoms with Crippen LogP contribution in [-0.4, -0.2) is 95.1 Å². The minimum atomic E-state index is -0.813. The summed E-state index contributed by atoms with van der Waals surface area (Å²) in [6.45, 7) is 4.46. The van der Waals surface area contributed by atoms with Gasteiger partial charge in [-0.25, -0.2) is 4.79 Å². The fourth-order valence-electron chi connectivity index (χ4n) is 9.69. The van der Waals surface area contributed by atoms with Crippen molar-refractivity contribution < 1.29 is 19.5 Å². The third-order valence-corrected chi connectivity index (χ3v) is 12.3. The molecule has 0 bridgehead atoms. The van der Waals surface area contributed by atoms with Gasteiger partial charge in [0.1, 0.15) is 12.0 Å². The first kappa shape index (κ1) is 36.3. The minimum Gasteiger partial charge on any atom is -0.391 e. The quantitative estimate of drug-likeness (QED) is 0.201. The Labute approximate surface area is 308 Å². The van der Waals surface area contributed by atoms with Gasteiger partial charge in [0.05, 0.1) is 17.7 Å². The molecule has 8 nitrogen and oxygen atoms in total. The second-order valence-corrected chi connectivity index (χ2v) is 15.6. The first-order valence-corrected chi connectivity index (χ1v) is 19.6. The maximum absolute atomic E-state index is 14.8. The normalized spacial score (nSPS) is 24.9. The molecule has 0 unspecified atom stereocenters. The highest BCUT2D eigenvalue weighted by atomic mass is 16.3. The molecule has 3 aromatic carbocycles. The average Bonchev–Trinajstić information content (AvgIpc) is 3.81. The highest BCUT2D eigenvalue weighted by molar-refractivity contribution is 5.88. The molecule has 7 rings (SSSR count). The molecule has 0 radical (unpaired) electrons. The van der Waals surface area contributed by atoms with E-state index in [2.05, 4.69) is 52.6 Å². The number of piperidine rings is 1. The molecule has 1 saturated carbocycles. The van der Waals surface area contributed by atoms with Gasteiger partial charge in [-0.15, -0.1) is 0 Å². The molecule has 2 amide bonds. The molecule has 2 N–H and O–H groups in total. The Hall–Kier alpha value is -4.07. The Morgan fingerprint density at radius 1 is 0.769 bits per heavy atom. The molecule has 3 aliphatic heterocycles. The van der Waals surface area contributed by atoms with Gasteiger partial charge in [-0.3, -0.25) is 14.5 Å². The molecule has 0 spiro atoms. The number of likely N-dealkylation sites (tertiary alicyclic amines) is 3. The number of aliphatic hydroxyl groups is 1. The van der Waals surface area contributed by atoms with Gasteiger partial charge in [-0.1, -0.05) is 110 Å². The van der Waals surface area contributed by atoms with Crippen LogP contribution < -0.4 is 5.32 Å². The van der Waals surface area contributed by atoms with Crippen molar-refractivity contribution in [1.29, 1.82) is 0 Å². The molecule has 4 fully saturated rings. The number of rotatable bonds is 11. The molecule has 1 aliphatic carbocycles. The van der Waals surface area contributed by atoms with E-state index in [4.69, 9.17) is 0 Å². The first-order chi connectivity index (χ1) is 25.5. The number of hydrogen-bond donors (Lipinski definition) is 2. The zero-order valence-electron chi connectivity index (χ0n) is 30.4. The number of carbonyl (C=O) groups is 2. The molecule has 3 heterocycles. The van der Waals surface area contributed by atoms with Crippen molar-refractivity contribution >= 4 is 17.8 Å². The first-order valence-electron chi connectivity index (χ1n) is 19.6. The van der Waals surface area contributed by atoms with Crippen molar-refractivity contribution in [1.82, 2.24) is 20.0 Å². The van der Waals surface area contributed by atoms with E-state index in [1.807, 2.05) is 59.5 Å². The SMILES string of the molecule is O=C=C1CCN([C@@H]2C[C@H](O)CN2C(=O)CC(c2ccccc2)(c2ccccc2)c2ccccc2)[C@H]1C(=O)NC[C@H]1CCCN(CC2CCCCC2)C1. The van der Waals surface area contributed by atoms with Gasteiger partial charge in [0.2, 0.25) is 11.8 Å². The maximum atomic E-state index is 14.8. The largest absolute Gasteiger partial charge is 0.391 e. The smallest absolute Gasteiger partial charge is 0.242 e. The summed E-state index contributed by atoms with van der Waals surface area (Å²) in [5, 5.41) is 14.3. The third kappa shape index (κ3) is 7.81. The van der Waals surface area contributed by atoms with Crippen molar-refractivity contribution in [2.75, 3.05) is 39.3 Å². The maximum Gasteiger partial charge on any atom is 0.242 e. The van der Waals surface area contributed by atoms with E-state index in [9.17, 15) is 19.5 Å². The van der Waals surface area contributed by atoms with Crippen LogP contribution in [0.4, 0.5) is 0 Å². The number of benzene rings is 3. The Morgan fingerprint density at radius 3 is 1.96 bits per heavy atom. The van der Waals surface area contributed by atoms with Gasteiger partial charge < -0.3 is 20.2 Å². The van der Waals surface area contributed by atoms with Gasteiger partial charge in [-0.05, 0) is 67.2 Å². The fraction of sp³-hybridized carbons (Fsp3) is 0.500. The van der Waals surface area contributed by atoms with Crippen LogP contribution in [0.15, 0.2) is 96.6 Å². The van der Waals surface area contributed by atoms with Crippen molar-refractivity contribution in [3.8, 4) is 0 Å². The lowest BCUT2D eigenvalue weighted by atomic mass is 9.67. The predicted molar refractivity (Wildman–Crippen MR) is 203 cm³/mol. The van der Waals surface area contributed by atoms with E-state index < -0.39 is 23.7 Å². The number of nitrogens with one attached hydrogen (secondary N) is 1. The van der Waals surface area contributed by atoms with Gasteiger partial charge in [0.25, 0.3) is 0 Å². The zero-order valence-corrected chi connectivity index (χ0v) is 30.4. The fourth-order valence-corrected chi connectivity index (χ4v) is 9.69. The number of aliphatic hydroxyl groups excluding tert-OH is 1. The number of carbonyl (C=O) groups excluding carboxylic acids is 3. The van der Waals surface area contributed by atoms with Crippen LogP contribution in [0.1, 0.15) is 80.9 Å². The Bertz CT molecular complexity index is 1590. The third-order valence-electron chi connectivity index (χ3n) is 12.3. The Kier molecular flexibility index (Phi) is 11.7. The summed E-state index contributed by atoms with van der Waals surface area (Å²) in [6.07, 6.45) is 8.53.